The number of rotatable bonds is 5. The van der Waals surface area contributed by atoms with Crippen LogP contribution in [0.4, 0.5) is 5.69 Å². The van der Waals surface area contributed by atoms with E-state index < -0.39 is 10.0 Å². The van der Waals surface area contributed by atoms with Crippen molar-refractivity contribution in [3.05, 3.63) is 24.3 Å². The van der Waals surface area contributed by atoms with Crippen molar-refractivity contribution in [2.45, 2.75) is 42.9 Å². The molecule has 0 aromatic heterocycles. The first-order valence-corrected chi connectivity index (χ1v) is 9.54. The van der Waals surface area contributed by atoms with Gasteiger partial charge >= 0.3 is 0 Å². The zero-order chi connectivity index (χ0) is 14.6. The fourth-order valence-electron chi connectivity index (χ4n) is 2.33. The van der Waals surface area contributed by atoms with Gasteiger partial charge in [-0.2, -0.15) is 11.8 Å². The number of sulfonamides is 1. The quantitative estimate of drug-likeness (QED) is 0.877. The maximum Gasteiger partial charge on any atom is 0.240 e. The van der Waals surface area contributed by atoms with Crippen LogP contribution in [-0.2, 0) is 10.0 Å². The van der Waals surface area contributed by atoms with Gasteiger partial charge in [0.15, 0.2) is 0 Å². The molecule has 112 valence electrons. The predicted octanol–water partition coefficient (Wildman–Crippen LogP) is 2.68. The summed E-state index contributed by atoms with van der Waals surface area (Å²) in [5.74, 6) is 1.24. The SMILES string of the molecule is CCNS(=O)(=O)c1ccc(NC2CCCSC2C)cc1. The van der Waals surface area contributed by atoms with Crippen LogP contribution in [-0.4, -0.2) is 32.0 Å². The molecule has 0 radical (unpaired) electrons. The lowest BCUT2D eigenvalue weighted by molar-refractivity contribution is 0.584. The third kappa shape index (κ3) is 3.90. The van der Waals surface area contributed by atoms with Crippen molar-refractivity contribution in [2.75, 3.05) is 17.6 Å². The standard InChI is InChI=1S/C14H22N2O2S2/c1-3-15-20(17,18)13-8-6-12(7-9-13)16-14-5-4-10-19-11(14)2/h6-9,11,14-16H,3-5,10H2,1-2H3. The van der Waals surface area contributed by atoms with E-state index in [1.54, 1.807) is 19.1 Å². The lowest BCUT2D eigenvalue weighted by Crippen LogP contribution is -2.32. The molecule has 0 aliphatic carbocycles. The Hall–Kier alpha value is -0.720. The van der Waals surface area contributed by atoms with Crippen molar-refractivity contribution in [3.8, 4) is 0 Å². The third-order valence-corrected chi connectivity index (χ3v) is 6.40. The monoisotopic (exact) mass is 314 g/mol. The molecule has 2 atom stereocenters. The van der Waals surface area contributed by atoms with Gasteiger partial charge in [-0.25, -0.2) is 13.1 Å². The second kappa shape index (κ2) is 6.83. The smallest absolute Gasteiger partial charge is 0.240 e. The largest absolute Gasteiger partial charge is 0.381 e. The van der Waals surface area contributed by atoms with E-state index in [1.165, 1.54) is 18.6 Å². The van der Waals surface area contributed by atoms with E-state index in [2.05, 4.69) is 17.0 Å². The lowest BCUT2D eigenvalue weighted by Gasteiger charge is -2.30. The normalized spacial score (nSPS) is 23.5. The highest BCUT2D eigenvalue weighted by Crippen LogP contribution is 2.27. The number of hydrogen-bond acceptors (Lipinski definition) is 4. The average molecular weight is 314 g/mol. The summed E-state index contributed by atoms with van der Waals surface area (Å²) >= 11 is 1.99. The van der Waals surface area contributed by atoms with Crippen LogP contribution in [0.5, 0.6) is 0 Å². The Bertz CT molecular complexity index is 529. The predicted molar refractivity (Wildman–Crippen MR) is 85.9 cm³/mol. The van der Waals surface area contributed by atoms with Crippen LogP contribution < -0.4 is 10.0 Å². The Morgan fingerprint density at radius 1 is 1.30 bits per heavy atom. The number of thioether (sulfide) groups is 1. The van der Waals surface area contributed by atoms with Crippen LogP contribution in [0.3, 0.4) is 0 Å². The zero-order valence-electron chi connectivity index (χ0n) is 11.9. The van der Waals surface area contributed by atoms with Crippen LogP contribution in [0.1, 0.15) is 26.7 Å². The molecule has 2 unspecified atom stereocenters. The van der Waals surface area contributed by atoms with Crippen LogP contribution in [0.25, 0.3) is 0 Å². The molecule has 4 nitrogen and oxygen atoms in total. The molecule has 2 rings (SSSR count). The van der Waals surface area contributed by atoms with Gasteiger partial charge in [-0.15, -0.1) is 0 Å². The van der Waals surface area contributed by atoms with Crippen LogP contribution >= 0.6 is 11.8 Å². The highest BCUT2D eigenvalue weighted by molar-refractivity contribution is 8.00. The summed E-state index contributed by atoms with van der Waals surface area (Å²) in [6, 6.07) is 7.46. The molecule has 0 amide bonds. The van der Waals surface area contributed by atoms with Crippen LogP contribution in [0.15, 0.2) is 29.2 Å². The molecule has 0 bridgehead atoms. The maximum atomic E-state index is 11.9. The summed E-state index contributed by atoms with van der Waals surface area (Å²) < 4.78 is 26.2. The van der Waals surface area contributed by atoms with Gasteiger partial charge in [0.25, 0.3) is 0 Å². The minimum atomic E-state index is -3.35. The van der Waals surface area contributed by atoms with E-state index in [1.807, 2.05) is 23.9 Å². The van der Waals surface area contributed by atoms with Gasteiger partial charge in [-0.05, 0) is 42.9 Å². The van der Waals surface area contributed by atoms with E-state index in [4.69, 9.17) is 0 Å². The highest BCUT2D eigenvalue weighted by atomic mass is 32.2. The number of hydrogen-bond donors (Lipinski definition) is 2. The Labute approximate surface area is 125 Å². The molecule has 1 aliphatic heterocycles. The molecule has 0 saturated carbocycles. The van der Waals surface area contributed by atoms with Gasteiger partial charge in [0.05, 0.1) is 4.90 Å². The Balaban J connectivity index is 2.05. The summed E-state index contributed by atoms with van der Waals surface area (Å²) in [5.41, 5.74) is 0.986. The zero-order valence-corrected chi connectivity index (χ0v) is 13.6. The first-order valence-electron chi connectivity index (χ1n) is 7.01. The van der Waals surface area contributed by atoms with Crippen molar-refractivity contribution in [1.82, 2.24) is 4.72 Å². The summed E-state index contributed by atoms with van der Waals surface area (Å²) in [5, 5.41) is 4.10. The molecule has 1 aromatic rings. The van der Waals surface area contributed by atoms with E-state index in [9.17, 15) is 8.42 Å². The van der Waals surface area contributed by atoms with Gasteiger partial charge in [-0.1, -0.05) is 13.8 Å². The van der Waals surface area contributed by atoms with Gasteiger partial charge in [0.1, 0.15) is 0 Å². The van der Waals surface area contributed by atoms with E-state index >= 15 is 0 Å². The minimum absolute atomic E-state index is 0.316. The number of nitrogens with one attached hydrogen (secondary N) is 2. The maximum absolute atomic E-state index is 11.9. The average Bonchev–Trinajstić information content (AvgIpc) is 2.42. The number of anilines is 1. The molecule has 1 heterocycles. The molecule has 1 aromatic carbocycles. The second-order valence-electron chi connectivity index (χ2n) is 4.99. The Morgan fingerprint density at radius 3 is 2.60 bits per heavy atom. The molecule has 2 N–H and O–H groups in total. The van der Waals surface area contributed by atoms with Crippen molar-refractivity contribution in [3.63, 3.8) is 0 Å². The molecular formula is C14H22N2O2S2. The van der Waals surface area contributed by atoms with Crippen molar-refractivity contribution in [1.29, 1.82) is 0 Å². The summed E-state index contributed by atoms with van der Waals surface area (Å²) in [7, 11) is -3.35. The molecule has 0 spiro atoms. The lowest BCUT2D eigenvalue weighted by atomic mass is 10.1. The Morgan fingerprint density at radius 2 is 2.00 bits per heavy atom. The minimum Gasteiger partial charge on any atom is -0.381 e. The van der Waals surface area contributed by atoms with Gasteiger partial charge in [0, 0.05) is 23.5 Å². The van der Waals surface area contributed by atoms with E-state index in [-0.39, 0.29) is 0 Å². The van der Waals surface area contributed by atoms with Gasteiger partial charge < -0.3 is 5.32 Å². The first-order chi connectivity index (χ1) is 9.53. The topological polar surface area (TPSA) is 58.2 Å². The molecular weight excluding hydrogens is 292 g/mol. The molecule has 1 saturated heterocycles. The van der Waals surface area contributed by atoms with Gasteiger partial charge in [0.2, 0.25) is 10.0 Å². The van der Waals surface area contributed by atoms with E-state index in [0.717, 1.165) is 5.69 Å². The molecule has 6 heteroatoms. The first kappa shape index (κ1) is 15.7. The summed E-state index contributed by atoms with van der Waals surface area (Å²) in [6.45, 7) is 4.42. The summed E-state index contributed by atoms with van der Waals surface area (Å²) in [6.07, 6.45) is 2.41. The van der Waals surface area contributed by atoms with Crippen molar-refractivity contribution < 1.29 is 8.42 Å². The molecule has 1 fully saturated rings. The fourth-order valence-corrected chi connectivity index (χ4v) is 4.51. The second-order valence-corrected chi connectivity index (χ2v) is 8.25. The van der Waals surface area contributed by atoms with Gasteiger partial charge in [-0.3, -0.25) is 0 Å². The fraction of sp³-hybridized carbons (Fsp3) is 0.571. The summed E-state index contributed by atoms with van der Waals surface area (Å²) in [4.78, 5) is 0.316. The van der Waals surface area contributed by atoms with Crippen molar-refractivity contribution in [2.24, 2.45) is 0 Å². The Kier molecular flexibility index (Phi) is 5.35. The third-order valence-electron chi connectivity index (χ3n) is 3.46. The van der Waals surface area contributed by atoms with Crippen LogP contribution in [0.2, 0.25) is 0 Å². The number of benzene rings is 1. The van der Waals surface area contributed by atoms with Crippen LogP contribution in [0, 0.1) is 0 Å². The van der Waals surface area contributed by atoms with E-state index in [0.29, 0.717) is 22.7 Å². The molecule has 1 aliphatic rings. The molecule has 20 heavy (non-hydrogen) atoms. The van der Waals surface area contributed by atoms with Crippen molar-refractivity contribution >= 4 is 27.5 Å². The highest BCUT2D eigenvalue weighted by Gasteiger charge is 2.21.